The number of fused-ring (bicyclic) bond motifs is 1. The Morgan fingerprint density at radius 1 is 1.23 bits per heavy atom. The zero-order valence-corrected chi connectivity index (χ0v) is 12.1. The standard InChI is InChI=1S/C17H16N4O/c18-7-3-6-16(22)14-10-19-17(20-11-14)21-15-8-12-4-1-2-5-13(12)9-15/h1-2,4-5,10-11,15H,3,6,8-9H2,(H,19,20,21). The molecule has 0 unspecified atom stereocenters. The van der Waals surface area contributed by atoms with Gasteiger partial charge in [0.15, 0.2) is 5.78 Å². The fourth-order valence-electron chi connectivity index (χ4n) is 2.70. The molecule has 22 heavy (non-hydrogen) atoms. The first kappa shape index (κ1) is 14.2. The van der Waals surface area contributed by atoms with Crippen LogP contribution in [0.25, 0.3) is 0 Å². The van der Waals surface area contributed by atoms with E-state index in [0.29, 0.717) is 11.5 Å². The molecule has 1 heterocycles. The number of nitrogens with zero attached hydrogens (tertiary/aromatic N) is 3. The molecule has 0 spiro atoms. The van der Waals surface area contributed by atoms with Crippen molar-refractivity contribution in [3.05, 3.63) is 53.3 Å². The third-order valence-electron chi connectivity index (χ3n) is 3.82. The molecule has 1 aromatic carbocycles. The minimum atomic E-state index is -0.0960. The van der Waals surface area contributed by atoms with Crippen LogP contribution in [0.15, 0.2) is 36.7 Å². The average molecular weight is 292 g/mol. The van der Waals surface area contributed by atoms with Gasteiger partial charge in [-0.05, 0) is 24.0 Å². The largest absolute Gasteiger partial charge is 0.351 e. The molecule has 1 aromatic heterocycles. The Kier molecular flexibility index (Phi) is 4.10. The Bertz CT molecular complexity index is 693. The third kappa shape index (κ3) is 3.12. The lowest BCUT2D eigenvalue weighted by atomic mass is 10.1. The summed E-state index contributed by atoms with van der Waals surface area (Å²) >= 11 is 0. The summed E-state index contributed by atoms with van der Waals surface area (Å²) in [5.74, 6) is 0.441. The van der Waals surface area contributed by atoms with E-state index in [1.807, 2.05) is 6.07 Å². The van der Waals surface area contributed by atoms with Gasteiger partial charge in [-0.3, -0.25) is 4.79 Å². The Morgan fingerprint density at radius 2 is 1.86 bits per heavy atom. The van der Waals surface area contributed by atoms with Gasteiger partial charge in [-0.1, -0.05) is 24.3 Å². The molecule has 2 aromatic rings. The van der Waals surface area contributed by atoms with Gasteiger partial charge in [0.2, 0.25) is 5.95 Å². The average Bonchev–Trinajstić information content (AvgIpc) is 2.95. The van der Waals surface area contributed by atoms with Crippen molar-refractivity contribution in [2.45, 2.75) is 31.7 Å². The predicted molar refractivity (Wildman–Crippen MR) is 82.5 cm³/mol. The molecule has 0 aliphatic heterocycles. The zero-order valence-electron chi connectivity index (χ0n) is 12.1. The molecule has 1 aliphatic rings. The molecule has 0 saturated heterocycles. The number of benzene rings is 1. The van der Waals surface area contributed by atoms with Gasteiger partial charge in [-0.2, -0.15) is 5.26 Å². The van der Waals surface area contributed by atoms with Crippen molar-refractivity contribution in [3.8, 4) is 6.07 Å². The molecular weight excluding hydrogens is 276 g/mol. The van der Waals surface area contributed by atoms with E-state index in [-0.39, 0.29) is 24.7 Å². The lowest BCUT2D eigenvalue weighted by Crippen LogP contribution is -2.21. The van der Waals surface area contributed by atoms with E-state index < -0.39 is 0 Å². The highest BCUT2D eigenvalue weighted by molar-refractivity contribution is 5.95. The highest BCUT2D eigenvalue weighted by atomic mass is 16.1. The van der Waals surface area contributed by atoms with Crippen molar-refractivity contribution >= 4 is 11.7 Å². The van der Waals surface area contributed by atoms with Crippen molar-refractivity contribution in [1.29, 1.82) is 5.26 Å². The number of nitrogens with one attached hydrogen (secondary N) is 1. The van der Waals surface area contributed by atoms with Gasteiger partial charge >= 0.3 is 0 Å². The molecular formula is C17H16N4O. The topological polar surface area (TPSA) is 78.7 Å². The third-order valence-corrected chi connectivity index (χ3v) is 3.82. The first-order valence-corrected chi connectivity index (χ1v) is 7.32. The number of ketones is 1. The SMILES string of the molecule is N#CCCC(=O)c1cnc(NC2Cc3ccccc3C2)nc1. The Labute approximate surface area is 129 Å². The highest BCUT2D eigenvalue weighted by Crippen LogP contribution is 2.23. The van der Waals surface area contributed by atoms with Crippen LogP contribution in [0.3, 0.4) is 0 Å². The minimum Gasteiger partial charge on any atom is -0.351 e. The number of nitriles is 1. The second-order valence-electron chi connectivity index (χ2n) is 5.39. The van der Waals surface area contributed by atoms with Crippen molar-refractivity contribution in [3.63, 3.8) is 0 Å². The van der Waals surface area contributed by atoms with Crippen molar-refractivity contribution < 1.29 is 4.79 Å². The van der Waals surface area contributed by atoms with Crippen LogP contribution in [0.5, 0.6) is 0 Å². The fourth-order valence-corrected chi connectivity index (χ4v) is 2.70. The van der Waals surface area contributed by atoms with E-state index in [0.717, 1.165) is 12.8 Å². The van der Waals surface area contributed by atoms with Gasteiger partial charge in [0.25, 0.3) is 0 Å². The smallest absolute Gasteiger partial charge is 0.222 e. The van der Waals surface area contributed by atoms with Crippen LogP contribution < -0.4 is 5.32 Å². The van der Waals surface area contributed by atoms with Crippen LogP contribution in [0, 0.1) is 11.3 Å². The quantitative estimate of drug-likeness (QED) is 0.857. The molecule has 0 amide bonds. The molecule has 1 aliphatic carbocycles. The van der Waals surface area contributed by atoms with E-state index in [4.69, 9.17) is 5.26 Å². The molecule has 1 N–H and O–H groups in total. The van der Waals surface area contributed by atoms with Crippen molar-refractivity contribution in [1.82, 2.24) is 9.97 Å². The van der Waals surface area contributed by atoms with Gasteiger partial charge in [-0.15, -0.1) is 0 Å². The van der Waals surface area contributed by atoms with Crippen LogP contribution in [0.1, 0.15) is 34.3 Å². The number of Topliss-reactive ketones (excluding diaryl/α,β-unsaturated/α-hetero) is 1. The van der Waals surface area contributed by atoms with E-state index >= 15 is 0 Å². The first-order valence-electron chi connectivity index (χ1n) is 7.32. The van der Waals surface area contributed by atoms with Crippen molar-refractivity contribution in [2.75, 3.05) is 5.32 Å². The number of rotatable bonds is 5. The van der Waals surface area contributed by atoms with E-state index in [9.17, 15) is 4.79 Å². The number of hydrogen-bond donors (Lipinski definition) is 1. The molecule has 0 atom stereocenters. The van der Waals surface area contributed by atoms with Crippen LogP contribution in [0.4, 0.5) is 5.95 Å². The van der Waals surface area contributed by atoms with Crippen molar-refractivity contribution in [2.24, 2.45) is 0 Å². The number of carbonyl (C=O) groups excluding carboxylic acids is 1. The maximum Gasteiger partial charge on any atom is 0.222 e. The van der Waals surface area contributed by atoms with E-state index in [1.54, 1.807) is 0 Å². The summed E-state index contributed by atoms with van der Waals surface area (Å²) in [6, 6.07) is 10.7. The van der Waals surface area contributed by atoms with Crippen LogP contribution in [-0.4, -0.2) is 21.8 Å². The Balaban J connectivity index is 1.61. The van der Waals surface area contributed by atoms with Gasteiger partial charge in [0, 0.05) is 31.3 Å². The molecule has 0 saturated carbocycles. The first-order chi connectivity index (χ1) is 10.8. The fraction of sp³-hybridized carbons (Fsp3) is 0.294. The number of hydrogen-bond acceptors (Lipinski definition) is 5. The predicted octanol–water partition coefficient (Wildman–Crippen LogP) is 2.54. The number of anilines is 1. The summed E-state index contributed by atoms with van der Waals surface area (Å²) < 4.78 is 0. The maximum atomic E-state index is 11.8. The van der Waals surface area contributed by atoms with Gasteiger partial charge in [-0.25, -0.2) is 9.97 Å². The molecule has 110 valence electrons. The minimum absolute atomic E-state index is 0.0960. The normalized spacial score (nSPS) is 13.4. The summed E-state index contributed by atoms with van der Waals surface area (Å²) in [6.07, 6.45) is 5.41. The van der Waals surface area contributed by atoms with E-state index in [1.165, 1.54) is 23.5 Å². The summed E-state index contributed by atoms with van der Waals surface area (Å²) in [7, 11) is 0. The zero-order chi connectivity index (χ0) is 15.4. The molecule has 5 nitrogen and oxygen atoms in total. The maximum absolute atomic E-state index is 11.8. The number of aromatic nitrogens is 2. The summed E-state index contributed by atoms with van der Waals surface area (Å²) in [4.78, 5) is 20.2. The van der Waals surface area contributed by atoms with Gasteiger partial charge in [0.1, 0.15) is 0 Å². The summed E-state index contributed by atoms with van der Waals surface area (Å²) in [5, 5.41) is 11.8. The summed E-state index contributed by atoms with van der Waals surface area (Å²) in [5.41, 5.74) is 3.18. The molecule has 5 heteroatoms. The van der Waals surface area contributed by atoms with Gasteiger partial charge < -0.3 is 5.32 Å². The van der Waals surface area contributed by atoms with Crippen LogP contribution >= 0.6 is 0 Å². The number of carbonyl (C=O) groups is 1. The lowest BCUT2D eigenvalue weighted by Gasteiger charge is -2.11. The van der Waals surface area contributed by atoms with Crippen LogP contribution in [0.2, 0.25) is 0 Å². The molecule has 0 fully saturated rings. The second kappa shape index (κ2) is 6.35. The summed E-state index contributed by atoms with van der Waals surface area (Å²) in [6.45, 7) is 0. The Morgan fingerprint density at radius 3 is 2.45 bits per heavy atom. The Hall–Kier alpha value is -2.74. The molecule has 0 bridgehead atoms. The van der Waals surface area contributed by atoms with E-state index in [2.05, 4.69) is 39.6 Å². The second-order valence-corrected chi connectivity index (χ2v) is 5.39. The van der Waals surface area contributed by atoms with Crippen LogP contribution in [-0.2, 0) is 12.8 Å². The molecule has 3 rings (SSSR count). The van der Waals surface area contributed by atoms with Gasteiger partial charge in [0.05, 0.1) is 11.6 Å². The lowest BCUT2D eigenvalue weighted by molar-refractivity contribution is 0.0983. The molecule has 0 radical (unpaired) electrons. The highest BCUT2D eigenvalue weighted by Gasteiger charge is 2.21. The monoisotopic (exact) mass is 292 g/mol.